The fourth-order valence-corrected chi connectivity index (χ4v) is 1.14. The van der Waals surface area contributed by atoms with Crippen LogP contribution in [0.2, 0.25) is 0 Å². The molecule has 0 rings (SSSR count). The minimum absolute atomic E-state index is 0.240. The summed E-state index contributed by atoms with van der Waals surface area (Å²) >= 11 is 0. The topological polar surface area (TPSA) is 90.9 Å². The first-order chi connectivity index (χ1) is 10.0. The molecule has 0 heterocycles. The van der Waals surface area contributed by atoms with Gasteiger partial charge in [0.25, 0.3) is 0 Å². The number of carbonyl (C=O) groups is 3. The van der Waals surface area contributed by atoms with Crippen LogP contribution in [0.15, 0.2) is 25.3 Å². The van der Waals surface area contributed by atoms with Crippen LogP contribution < -0.4 is 5.32 Å². The van der Waals surface area contributed by atoms with E-state index in [1.807, 2.05) is 6.92 Å². The maximum atomic E-state index is 11.5. The van der Waals surface area contributed by atoms with Crippen molar-refractivity contribution >= 4 is 18.0 Å². The van der Waals surface area contributed by atoms with Crippen LogP contribution in [0, 0.1) is 0 Å². The largest absolute Gasteiger partial charge is 0.458 e. The average Bonchev–Trinajstić information content (AvgIpc) is 2.49. The normalized spacial score (nSPS) is 9.62. The third-order valence-electron chi connectivity index (χ3n) is 2.23. The SMILES string of the molecule is C=CC(=O)OCC(COC(=O)C=C)OC(=O)NCCCC. The summed E-state index contributed by atoms with van der Waals surface area (Å²) in [5.74, 6) is -1.32. The number of ether oxygens (including phenoxy) is 3. The van der Waals surface area contributed by atoms with Crippen molar-refractivity contribution < 1.29 is 28.6 Å². The zero-order chi connectivity index (χ0) is 16.1. The summed E-state index contributed by atoms with van der Waals surface area (Å²) in [6.45, 7) is 8.47. The zero-order valence-electron chi connectivity index (χ0n) is 12.1. The van der Waals surface area contributed by atoms with Crippen molar-refractivity contribution in [1.29, 1.82) is 0 Å². The van der Waals surface area contributed by atoms with Gasteiger partial charge >= 0.3 is 18.0 Å². The van der Waals surface area contributed by atoms with E-state index in [9.17, 15) is 14.4 Å². The van der Waals surface area contributed by atoms with Gasteiger partial charge in [0.1, 0.15) is 13.2 Å². The minimum atomic E-state index is -0.903. The lowest BCUT2D eigenvalue weighted by atomic mass is 10.3. The van der Waals surface area contributed by atoms with Crippen molar-refractivity contribution in [3.63, 3.8) is 0 Å². The second kappa shape index (κ2) is 11.5. The second-order valence-electron chi connectivity index (χ2n) is 3.98. The van der Waals surface area contributed by atoms with Gasteiger partial charge in [-0.1, -0.05) is 26.5 Å². The summed E-state index contributed by atoms with van der Waals surface area (Å²) in [4.78, 5) is 33.5. The zero-order valence-corrected chi connectivity index (χ0v) is 12.1. The molecule has 0 aromatic rings. The first kappa shape index (κ1) is 18.7. The van der Waals surface area contributed by atoms with Crippen LogP contribution in [-0.2, 0) is 23.8 Å². The van der Waals surface area contributed by atoms with Crippen molar-refractivity contribution in [2.24, 2.45) is 0 Å². The molecule has 0 aromatic carbocycles. The molecule has 0 bridgehead atoms. The van der Waals surface area contributed by atoms with Gasteiger partial charge in [-0.05, 0) is 6.42 Å². The van der Waals surface area contributed by atoms with E-state index >= 15 is 0 Å². The molecule has 0 saturated carbocycles. The molecule has 21 heavy (non-hydrogen) atoms. The standard InChI is InChI=1S/C14H21NO6/c1-4-7-8-15-14(18)21-11(9-19-12(16)5-2)10-20-13(17)6-3/h5-6,11H,2-4,7-10H2,1H3,(H,15,18). The number of nitrogens with one attached hydrogen (secondary N) is 1. The highest BCUT2D eigenvalue weighted by Gasteiger charge is 2.18. The lowest BCUT2D eigenvalue weighted by Gasteiger charge is -2.17. The van der Waals surface area contributed by atoms with Gasteiger partial charge in [0.2, 0.25) is 0 Å². The molecule has 7 heteroatoms. The van der Waals surface area contributed by atoms with Gasteiger partial charge in [-0.15, -0.1) is 0 Å². The van der Waals surface area contributed by atoms with Crippen LogP contribution in [-0.4, -0.2) is 43.9 Å². The van der Waals surface area contributed by atoms with Crippen molar-refractivity contribution in [3.8, 4) is 0 Å². The highest BCUT2D eigenvalue weighted by molar-refractivity contribution is 5.81. The molecule has 0 aliphatic carbocycles. The average molecular weight is 299 g/mol. The first-order valence-corrected chi connectivity index (χ1v) is 6.56. The predicted octanol–water partition coefficient (Wildman–Crippen LogP) is 1.34. The van der Waals surface area contributed by atoms with Gasteiger partial charge in [-0.2, -0.15) is 0 Å². The maximum Gasteiger partial charge on any atom is 0.407 e. The number of rotatable bonds is 10. The lowest BCUT2D eigenvalue weighted by Crippen LogP contribution is -2.35. The van der Waals surface area contributed by atoms with Crippen LogP contribution in [0.3, 0.4) is 0 Å². The summed E-state index contributed by atoms with van der Waals surface area (Å²) in [5, 5.41) is 2.53. The van der Waals surface area contributed by atoms with Gasteiger partial charge < -0.3 is 19.5 Å². The smallest absolute Gasteiger partial charge is 0.407 e. The number of hydrogen-bond acceptors (Lipinski definition) is 6. The summed E-state index contributed by atoms with van der Waals surface area (Å²) < 4.78 is 14.5. The number of unbranched alkanes of at least 4 members (excludes halogenated alkanes) is 1. The molecule has 0 radical (unpaired) electrons. The summed E-state index contributed by atoms with van der Waals surface area (Å²) in [6.07, 6.45) is 2.13. The molecule has 0 aliphatic heterocycles. The Morgan fingerprint density at radius 3 is 2.05 bits per heavy atom. The predicted molar refractivity (Wildman–Crippen MR) is 75.5 cm³/mol. The molecule has 1 amide bonds. The molecule has 0 aliphatic rings. The van der Waals surface area contributed by atoms with E-state index in [4.69, 9.17) is 14.2 Å². The molecule has 118 valence electrons. The Labute approximate surface area is 123 Å². The van der Waals surface area contributed by atoms with Gasteiger partial charge in [-0.3, -0.25) is 0 Å². The van der Waals surface area contributed by atoms with Crippen molar-refractivity contribution in [1.82, 2.24) is 5.32 Å². The Balaban J connectivity index is 4.30. The summed E-state index contributed by atoms with van der Waals surface area (Å²) in [6, 6.07) is 0. The van der Waals surface area contributed by atoms with E-state index in [1.165, 1.54) is 0 Å². The molecule has 0 atom stereocenters. The molecule has 7 nitrogen and oxygen atoms in total. The van der Waals surface area contributed by atoms with Crippen LogP contribution in [0.25, 0.3) is 0 Å². The molecule has 0 unspecified atom stereocenters. The summed E-state index contributed by atoms with van der Waals surface area (Å²) in [5.41, 5.74) is 0. The molecule has 0 saturated heterocycles. The molecule has 1 N–H and O–H groups in total. The Morgan fingerprint density at radius 2 is 1.62 bits per heavy atom. The van der Waals surface area contributed by atoms with Gasteiger partial charge in [0.15, 0.2) is 6.10 Å². The Bertz CT molecular complexity index is 356. The fourth-order valence-electron chi connectivity index (χ4n) is 1.14. The third-order valence-corrected chi connectivity index (χ3v) is 2.23. The fraction of sp³-hybridized carbons (Fsp3) is 0.500. The monoisotopic (exact) mass is 299 g/mol. The highest BCUT2D eigenvalue weighted by Crippen LogP contribution is 1.98. The van der Waals surface area contributed by atoms with E-state index in [0.29, 0.717) is 6.54 Å². The van der Waals surface area contributed by atoms with Gasteiger partial charge in [-0.25, -0.2) is 14.4 Å². The van der Waals surface area contributed by atoms with Crippen LogP contribution in [0.4, 0.5) is 4.79 Å². The Hall–Kier alpha value is -2.31. The third kappa shape index (κ3) is 10.2. The van der Waals surface area contributed by atoms with Crippen LogP contribution in [0.5, 0.6) is 0 Å². The van der Waals surface area contributed by atoms with Crippen molar-refractivity contribution in [2.75, 3.05) is 19.8 Å². The van der Waals surface area contributed by atoms with E-state index in [0.717, 1.165) is 25.0 Å². The summed E-state index contributed by atoms with van der Waals surface area (Å²) in [7, 11) is 0. The van der Waals surface area contributed by atoms with E-state index in [-0.39, 0.29) is 13.2 Å². The molecule has 0 fully saturated rings. The first-order valence-electron chi connectivity index (χ1n) is 6.56. The van der Waals surface area contributed by atoms with E-state index < -0.39 is 24.1 Å². The minimum Gasteiger partial charge on any atom is -0.458 e. The Morgan fingerprint density at radius 1 is 1.10 bits per heavy atom. The van der Waals surface area contributed by atoms with Crippen LogP contribution >= 0.6 is 0 Å². The van der Waals surface area contributed by atoms with E-state index in [2.05, 4.69) is 18.5 Å². The lowest BCUT2D eigenvalue weighted by molar-refractivity contribution is -0.146. The number of hydrogen-bond donors (Lipinski definition) is 1. The maximum absolute atomic E-state index is 11.5. The molecular weight excluding hydrogens is 278 g/mol. The van der Waals surface area contributed by atoms with Crippen molar-refractivity contribution in [2.45, 2.75) is 25.9 Å². The number of amides is 1. The van der Waals surface area contributed by atoms with Crippen LogP contribution in [0.1, 0.15) is 19.8 Å². The Kier molecular flexibility index (Phi) is 10.2. The number of esters is 2. The van der Waals surface area contributed by atoms with Gasteiger partial charge in [0.05, 0.1) is 0 Å². The molecular formula is C14H21NO6. The van der Waals surface area contributed by atoms with Gasteiger partial charge in [0, 0.05) is 18.7 Å². The highest BCUT2D eigenvalue weighted by atomic mass is 16.6. The second-order valence-corrected chi connectivity index (χ2v) is 3.98. The molecule has 0 spiro atoms. The number of alkyl carbamates (subject to hydrolysis) is 1. The quantitative estimate of drug-likeness (QED) is 0.283. The molecule has 0 aromatic heterocycles. The van der Waals surface area contributed by atoms with Crippen molar-refractivity contribution in [3.05, 3.63) is 25.3 Å². The van der Waals surface area contributed by atoms with E-state index in [1.54, 1.807) is 0 Å². The number of carbonyl (C=O) groups excluding carboxylic acids is 3.